The Bertz CT molecular complexity index is 788. The second kappa shape index (κ2) is 5.74. The Morgan fingerprint density at radius 2 is 1.83 bits per heavy atom. The minimum absolute atomic E-state index is 0.275. The maximum absolute atomic E-state index is 12.6. The van der Waals surface area contributed by atoms with Gasteiger partial charge in [-0.1, -0.05) is 31.4 Å². The predicted molar refractivity (Wildman–Crippen MR) is 86.7 cm³/mol. The largest absolute Gasteiger partial charge is 0.284 e. The fourth-order valence-electron chi connectivity index (χ4n) is 2.99. The summed E-state index contributed by atoms with van der Waals surface area (Å²) in [5.41, 5.74) is 1.20. The van der Waals surface area contributed by atoms with Crippen LogP contribution >= 0.6 is 0 Å². The van der Waals surface area contributed by atoms with Crippen LogP contribution in [0.3, 0.4) is 0 Å². The van der Waals surface area contributed by atoms with Crippen LogP contribution in [0.15, 0.2) is 35.5 Å². The number of aryl methyl sites for hydroxylation is 1. The van der Waals surface area contributed by atoms with Gasteiger partial charge in [0.1, 0.15) is 6.33 Å². The van der Waals surface area contributed by atoms with Gasteiger partial charge in [0.15, 0.2) is 5.82 Å². The van der Waals surface area contributed by atoms with E-state index in [1.807, 2.05) is 12.1 Å². The molecule has 2 aliphatic carbocycles. The minimum Gasteiger partial charge on any atom is -0.218 e. The van der Waals surface area contributed by atoms with E-state index in [0.29, 0.717) is 11.7 Å². The molecule has 2 fully saturated rings. The smallest absolute Gasteiger partial charge is 0.218 e. The third-order valence-electron chi connectivity index (χ3n) is 4.97. The SMILES string of the molecule is O=S(=O)(c1ccc(CCC2CCC2)cc1)n1cnc(C2CC2)n1. The van der Waals surface area contributed by atoms with Crippen LogP contribution in [0.4, 0.5) is 0 Å². The third-order valence-corrected chi connectivity index (χ3v) is 6.50. The Kier molecular flexibility index (Phi) is 3.71. The summed E-state index contributed by atoms with van der Waals surface area (Å²) in [6.45, 7) is 0. The van der Waals surface area contributed by atoms with Gasteiger partial charge in [-0.15, -0.1) is 9.19 Å². The highest BCUT2D eigenvalue weighted by Crippen LogP contribution is 2.37. The molecule has 0 bridgehead atoms. The van der Waals surface area contributed by atoms with Gasteiger partial charge in [-0.25, -0.2) is 4.98 Å². The van der Waals surface area contributed by atoms with Crippen molar-refractivity contribution in [3.05, 3.63) is 42.0 Å². The van der Waals surface area contributed by atoms with E-state index in [4.69, 9.17) is 0 Å². The average Bonchev–Trinajstić information content (AvgIpc) is 3.23. The van der Waals surface area contributed by atoms with E-state index in [0.717, 1.165) is 29.3 Å². The Balaban J connectivity index is 1.48. The molecule has 0 N–H and O–H groups in total. The molecule has 6 heteroatoms. The molecule has 5 nitrogen and oxygen atoms in total. The zero-order chi connectivity index (χ0) is 15.9. The highest BCUT2D eigenvalue weighted by molar-refractivity contribution is 7.89. The normalized spacial score (nSPS) is 18.8. The van der Waals surface area contributed by atoms with Gasteiger partial charge < -0.3 is 0 Å². The average molecular weight is 331 g/mol. The lowest BCUT2D eigenvalue weighted by molar-refractivity contribution is 0.296. The molecule has 1 aromatic heterocycles. The van der Waals surface area contributed by atoms with Crippen LogP contribution in [-0.2, 0) is 16.4 Å². The van der Waals surface area contributed by atoms with Crippen LogP contribution in [-0.4, -0.2) is 22.6 Å². The fourth-order valence-corrected chi connectivity index (χ4v) is 4.05. The number of aromatic nitrogens is 3. The number of rotatable bonds is 6. The van der Waals surface area contributed by atoms with E-state index >= 15 is 0 Å². The summed E-state index contributed by atoms with van der Waals surface area (Å²) in [4.78, 5) is 4.40. The van der Waals surface area contributed by atoms with Crippen LogP contribution < -0.4 is 0 Å². The van der Waals surface area contributed by atoms with Crippen molar-refractivity contribution >= 4 is 10.0 Å². The van der Waals surface area contributed by atoms with Crippen molar-refractivity contribution in [1.29, 1.82) is 0 Å². The third kappa shape index (κ3) is 3.04. The van der Waals surface area contributed by atoms with E-state index < -0.39 is 10.0 Å². The predicted octanol–water partition coefficient (Wildman–Crippen LogP) is 3.13. The quantitative estimate of drug-likeness (QED) is 0.816. The van der Waals surface area contributed by atoms with Gasteiger partial charge in [0.2, 0.25) is 0 Å². The first-order valence-electron chi connectivity index (χ1n) is 8.39. The molecule has 0 unspecified atom stereocenters. The first-order valence-corrected chi connectivity index (χ1v) is 9.83. The molecular weight excluding hydrogens is 310 g/mol. The molecular formula is C17H21N3O2S. The van der Waals surface area contributed by atoms with E-state index in [1.165, 1.54) is 37.6 Å². The lowest BCUT2D eigenvalue weighted by Gasteiger charge is -2.25. The molecule has 1 heterocycles. The molecule has 0 radical (unpaired) electrons. The summed E-state index contributed by atoms with van der Waals surface area (Å²) in [5.74, 6) is 1.86. The minimum atomic E-state index is -3.62. The van der Waals surface area contributed by atoms with Crippen LogP contribution in [0.25, 0.3) is 0 Å². The summed E-state index contributed by atoms with van der Waals surface area (Å²) in [7, 11) is -3.62. The number of benzene rings is 1. The van der Waals surface area contributed by atoms with Gasteiger partial charge in [0.25, 0.3) is 10.0 Å². The van der Waals surface area contributed by atoms with E-state index in [1.54, 1.807) is 12.1 Å². The first-order chi connectivity index (χ1) is 11.1. The second-order valence-corrected chi connectivity index (χ2v) is 8.53. The van der Waals surface area contributed by atoms with Gasteiger partial charge in [0, 0.05) is 5.92 Å². The second-order valence-electron chi connectivity index (χ2n) is 6.73. The first kappa shape index (κ1) is 14.9. The Hall–Kier alpha value is -1.69. The number of hydrogen-bond acceptors (Lipinski definition) is 4. The van der Waals surface area contributed by atoms with E-state index in [9.17, 15) is 8.42 Å². The number of nitrogens with zero attached hydrogens (tertiary/aromatic N) is 3. The lowest BCUT2D eigenvalue weighted by atomic mass is 9.81. The van der Waals surface area contributed by atoms with Crippen molar-refractivity contribution in [2.45, 2.75) is 55.8 Å². The number of hydrogen-bond donors (Lipinski definition) is 0. The van der Waals surface area contributed by atoms with Gasteiger partial charge in [0.05, 0.1) is 4.90 Å². The molecule has 4 rings (SSSR count). The maximum atomic E-state index is 12.6. The zero-order valence-corrected chi connectivity index (χ0v) is 13.9. The molecule has 2 aromatic rings. The summed E-state index contributed by atoms with van der Waals surface area (Å²) >= 11 is 0. The summed E-state index contributed by atoms with van der Waals surface area (Å²) < 4.78 is 26.2. The maximum Gasteiger partial charge on any atom is 0.284 e. The highest BCUT2D eigenvalue weighted by Gasteiger charge is 2.29. The lowest BCUT2D eigenvalue weighted by Crippen LogP contribution is -2.14. The van der Waals surface area contributed by atoms with Gasteiger partial charge >= 0.3 is 0 Å². The van der Waals surface area contributed by atoms with Crippen molar-refractivity contribution in [2.24, 2.45) is 5.92 Å². The zero-order valence-electron chi connectivity index (χ0n) is 13.1. The van der Waals surface area contributed by atoms with Crippen molar-refractivity contribution in [3.8, 4) is 0 Å². The monoisotopic (exact) mass is 331 g/mol. The fraction of sp³-hybridized carbons (Fsp3) is 0.529. The molecule has 0 amide bonds. The van der Waals surface area contributed by atoms with E-state index in [2.05, 4.69) is 10.1 Å². The van der Waals surface area contributed by atoms with Gasteiger partial charge in [-0.3, -0.25) is 0 Å². The molecule has 122 valence electrons. The van der Waals surface area contributed by atoms with Crippen molar-refractivity contribution in [3.63, 3.8) is 0 Å². The van der Waals surface area contributed by atoms with Crippen molar-refractivity contribution in [2.75, 3.05) is 0 Å². The summed E-state index contributed by atoms with van der Waals surface area (Å²) in [5, 5.41) is 4.14. The Morgan fingerprint density at radius 3 is 2.43 bits per heavy atom. The van der Waals surface area contributed by atoms with E-state index in [-0.39, 0.29) is 4.90 Å². The van der Waals surface area contributed by atoms with Crippen molar-refractivity contribution < 1.29 is 8.42 Å². The van der Waals surface area contributed by atoms with Crippen LogP contribution in [0, 0.1) is 5.92 Å². The topological polar surface area (TPSA) is 64.8 Å². The Labute approximate surface area is 136 Å². The molecule has 2 aliphatic rings. The summed E-state index contributed by atoms with van der Waals surface area (Å²) in [6.07, 6.45) is 9.72. The highest BCUT2D eigenvalue weighted by atomic mass is 32.2. The Morgan fingerprint density at radius 1 is 1.09 bits per heavy atom. The van der Waals surface area contributed by atoms with Gasteiger partial charge in [-0.2, -0.15) is 8.42 Å². The molecule has 2 saturated carbocycles. The van der Waals surface area contributed by atoms with Crippen molar-refractivity contribution in [1.82, 2.24) is 14.2 Å². The molecule has 23 heavy (non-hydrogen) atoms. The summed E-state index contributed by atoms with van der Waals surface area (Å²) in [6, 6.07) is 7.21. The molecule has 0 saturated heterocycles. The van der Waals surface area contributed by atoms with Gasteiger partial charge in [-0.05, 0) is 49.3 Å². The molecule has 0 spiro atoms. The molecule has 0 aliphatic heterocycles. The van der Waals surface area contributed by atoms with Crippen LogP contribution in [0.2, 0.25) is 0 Å². The van der Waals surface area contributed by atoms with Crippen LogP contribution in [0.1, 0.15) is 55.8 Å². The van der Waals surface area contributed by atoms with Crippen LogP contribution in [0.5, 0.6) is 0 Å². The molecule has 1 aromatic carbocycles. The standard InChI is InChI=1S/C17H21N3O2S/c21-23(22,20-12-18-17(19-20)15-8-9-15)16-10-6-14(7-11-16)5-4-13-2-1-3-13/h6-7,10-13,15H,1-5,8-9H2. The molecule has 0 atom stereocenters.